The number of ether oxygens (including phenoxy) is 1. The number of carbonyl (C=O) groups is 1. The van der Waals surface area contributed by atoms with Gasteiger partial charge in [0.05, 0.1) is 12.3 Å². The van der Waals surface area contributed by atoms with Crippen LogP contribution in [0.25, 0.3) is 0 Å². The SMILES string of the molecule is CCOC(=O)CCCC1=Nc2cc(N)ccc2CC1C. The molecule has 2 rings (SSSR count). The molecule has 0 saturated heterocycles. The van der Waals surface area contributed by atoms with Gasteiger partial charge in [-0.25, -0.2) is 0 Å². The third-order valence-corrected chi connectivity index (χ3v) is 3.59. The second-order valence-electron chi connectivity index (χ2n) is 5.26. The number of carbonyl (C=O) groups excluding carboxylic acids is 1. The van der Waals surface area contributed by atoms with E-state index in [1.165, 1.54) is 5.56 Å². The molecule has 0 saturated carbocycles. The average molecular weight is 274 g/mol. The van der Waals surface area contributed by atoms with Crippen molar-refractivity contribution in [2.75, 3.05) is 12.3 Å². The zero-order valence-corrected chi connectivity index (χ0v) is 12.2. The molecular formula is C16H22N2O2. The lowest BCUT2D eigenvalue weighted by Gasteiger charge is -2.22. The minimum absolute atomic E-state index is 0.124. The molecule has 1 aliphatic rings. The molecule has 0 amide bonds. The number of benzene rings is 1. The van der Waals surface area contributed by atoms with Gasteiger partial charge < -0.3 is 10.5 Å². The molecule has 2 N–H and O–H groups in total. The van der Waals surface area contributed by atoms with Crippen LogP contribution in [0.1, 0.15) is 38.7 Å². The molecule has 1 atom stereocenters. The molecule has 0 aromatic heterocycles. The van der Waals surface area contributed by atoms with E-state index in [1.807, 2.05) is 19.1 Å². The fourth-order valence-corrected chi connectivity index (χ4v) is 2.52. The molecule has 0 bridgehead atoms. The molecule has 4 nitrogen and oxygen atoms in total. The lowest BCUT2D eigenvalue weighted by atomic mass is 9.89. The lowest BCUT2D eigenvalue weighted by molar-refractivity contribution is -0.143. The number of nitrogens with zero attached hydrogens (tertiary/aromatic N) is 1. The maximum Gasteiger partial charge on any atom is 0.305 e. The van der Waals surface area contributed by atoms with Crippen LogP contribution in [-0.2, 0) is 16.0 Å². The van der Waals surface area contributed by atoms with E-state index in [4.69, 9.17) is 15.5 Å². The highest BCUT2D eigenvalue weighted by Crippen LogP contribution is 2.31. The van der Waals surface area contributed by atoms with E-state index >= 15 is 0 Å². The predicted octanol–water partition coefficient (Wildman–Crippen LogP) is 3.27. The van der Waals surface area contributed by atoms with Crippen molar-refractivity contribution in [1.82, 2.24) is 0 Å². The first-order valence-electron chi connectivity index (χ1n) is 7.21. The van der Waals surface area contributed by atoms with Crippen molar-refractivity contribution in [1.29, 1.82) is 0 Å². The maximum atomic E-state index is 11.3. The molecule has 1 unspecified atom stereocenters. The Morgan fingerprint density at radius 1 is 1.50 bits per heavy atom. The van der Waals surface area contributed by atoms with Crippen molar-refractivity contribution in [2.45, 2.75) is 39.5 Å². The highest BCUT2D eigenvalue weighted by molar-refractivity contribution is 5.91. The molecule has 1 aromatic rings. The molecule has 0 fully saturated rings. The number of fused-ring (bicyclic) bond motifs is 1. The normalized spacial score (nSPS) is 17.3. The number of anilines is 1. The summed E-state index contributed by atoms with van der Waals surface area (Å²) in [5, 5.41) is 0. The van der Waals surface area contributed by atoms with Gasteiger partial charge in [-0.05, 0) is 49.8 Å². The first-order chi connectivity index (χ1) is 9.60. The second kappa shape index (κ2) is 6.55. The smallest absolute Gasteiger partial charge is 0.305 e. The number of rotatable bonds is 5. The Balaban J connectivity index is 1.99. The Morgan fingerprint density at radius 2 is 2.30 bits per heavy atom. The minimum atomic E-state index is -0.124. The largest absolute Gasteiger partial charge is 0.466 e. The number of hydrogen-bond donors (Lipinski definition) is 1. The standard InChI is InChI=1S/C16H22N2O2/c1-3-20-16(19)6-4-5-14-11(2)9-12-7-8-13(17)10-15(12)18-14/h7-8,10-11H,3-6,9,17H2,1-2H3. The first-order valence-corrected chi connectivity index (χ1v) is 7.21. The molecule has 0 aliphatic carbocycles. The van der Waals surface area contributed by atoms with E-state index in [-0.39, 0.29) is 5.97 Å². The molecule has 20 heavy (non-hydrogen) atoms. The van der Waals surface area contributed by atoms with Gasteiger partial charge in [0, 0.05) is 17.8 Å². The van der Waals surface area contributed by atoms with Crippen LogP contribution in [0.5, 0.6) is 0 Å². The van der Waals surface area contributed by atoms with Gasteiger partial charge in [0.25, 0.3) is 0 Å². The molecule has 4 heteroatoms. The summed E-state index contributed by atoms with van der Waals surface area (Å²) in [5.74, 6) is 0.300. The summed E-state index contributed by atoms with van der Waals surface area (Å²) in [6.45, 7) is 4.46. The molecular weight excluding hydrogens is 252 g/mol. The van der Waals surface area contributed by atoms with E-state index in [1.54, 1.807) is 0 Å². The highest BCUT2D eigenvalue weighted by atomic mass is 16.5. The monoisotopic (exact) mass is 274 g/mol. The summed E-state index contributed by atoms with van der Waals surface area (Å²) >= 11 is 0. The van der Waals surface area contributed by atoms with Gasteiger partial charge in [0.15, 0.2) is 0 Å². The van der Waals surface area contributed by atoms with Gasteiger partial charge >= 0.3 is 5.97 Å². The molecule has 108 valence electrons. The van der Waals surface area contributed by atoms with Crippen molar-refractivity contribution in [3.63, 3.8) is 0 Å². The fourth-order valence-electron chi connectivity index (χ4n) is 2.52. The number of nitrogen functional groups attached to an aromatic ring is 1. The van der Waals surface area contributed by atoms with Crippen molar-refractivity contribution in [2.24, 2.45) is 10.9 Å². The number of aliphatic imine (C=N–C) groups is 1. The zero-order valence-electron chi connectivity index (χ0n) is 12.2. The van der Waals surface area contributed by atoms with Crippen LogP contribution in [0.2, 0.25) is 0 Å². The third kappa shape index (κ3) is 3.59. The Morgan fingerprint density at radius 3 is 3.05 bits per heavy atom. The van der Waals surface area contributed by atoms with Crippen LogP contribution < -0.4 is 5.73 Å². The molecule has 1 heterocycles. The molecule has 0 spiro atoms. The van der Waals surface area contributed by atoms with Gasteiger partial charge in [0.1, 0.15) is 0 Å². The van der Waals surface area contributed by atoms with Crippen LogP contribution in [0.15, 0.2) is 23.2 Å². The van der Waals surface area contributed by atoms with Gasteiger partial charge in [-0.1, -0.05) is 13.0 Å². The summed E-state index contributed by atoms with van der Waals surface area (Å²) in [6, 6.07) is 5.90. The van der Waals surface area contributed by atoms with Gasteiger partial charge in [-0.3, -0.25) is 9.79 Å². The van der Waals surface area contributed by atoms with E-state index < -0.39 is 0 Å². The topological polar surface area (TPSA) is 64.7 Å². The summed E-state index contributed by atoms with van der Waals surface area (Å²) in [7, 11) is 0. The minimum Gasteiger partial charge on any atom is -0.466 e. The number of esters is 1. The zero-order chi connectivity index (χ0) is 14.5. The van der Waals surface area contributed by atoms with E-state index in [0.717, 1.165) is 36.3 Å². The van der Waals surface area contributed by atoms with Crippen LogP contribution in [-0.4, -0.2) is 18.3 Å². The van der Waals surface area contributed by atoms with Gasteiger partial charge in [-0.2, -0.15) is 0 Å². The Hall–Kier alpha value is -1.84. The average Bonchev–Trinajstić information content (AvgIpc) is 2.40. The van der Waals surface area contributed by atoms with Gasteiger partial charge in [0.2, 0.25) is 0 Å². The highest BCUT2D eigenvalue weighted by Gasteiger charge is 2.19. The van der Waals surface area contributed by atoms with E-state index in [9.17, 15) is 4.79 Å². The number of nitrogens with two attached hydrogens (primary N) is 1. The van der Waals surface area contributed by atoms with E-state index in [0.29, 0.717) is 18.9 Å². The first kappa shape index (κ1) is 14.6. The van der Waals surface area contributed by atoms with E-state index in [2.05, 4.69) is 13.0 Å². The number of hydrogen-bond acceptors (Lipinski definition) is 4. The summed E-state index contributed by atoms with van der Waals surface area (Å²) in [6.07, 6.45) is 3.09. The van der Waals surface area contributed by atoms with Gasteiger partial charge in [-0.15, -0.1) is 0 Å². The van der Waals surface area contributed by atoms with Crippen molar-refractivity contribution in [3.8, 4) is 0 Å². The lowest BCUT2D eigenvalue weighted by Crippen LogP contribution is -2.18. The summed E-state index contributed by atoms with van der Waals surface area (Å²) in [5.41, 5.74) is 9.94. The van der Waals surface area contributed by atoms with Crippen LogP contribution in [0.4, 0.5) is 11.4 Å². The predicted molar refractivity (Wildman–Crippen MR) is 81.3 cm³/mol. The second-order valence-corrected chi connectivity index (χ2v) is 5.26. The molecule has 1 aromatic carbocycles. The Labute approximate surface area is 120 Å². The van der Waals surface area contributed by atoms with Crippen molar-refractivity contribution >= 4 is 23.1 Å². The molecule has 1 aliphatic heterocycles. The van der Waals surface area contributed by atoms with Crippen LogP contribution in [0, 0.1) is 5.92 Å². The van der Waals surface area contributed by atoms with Crippen LogP contribution in [0.3, 0.4) is 0 Å². The summed E-state index contributed by atoms with van der Waals surface area (Å²) in [4.78, 5) is 16.0. The molecule has 0 radical (unpaired) electrons. The fraction of sp³-hybridized carbons (Fsp3) is 0.500. The Bertz CT molecular complexity index is 523. The van der Waals surface area contributed by atoms with Crippen molar-refractivity contribution in [3.05, 3.63) is 23.8 Å². The van der Waals surface area contributed by atoms with Crippen LogP contribution >= 0.6 is 0 Å². The summed E-state index contributed by atoms with van der Waals surface area (Å²) < 4.78 is 4.93. The quantitative estimate of drug-likeness (QED) is 0.662. The third-order valence-electron chi connectivity index (χ3n) is 3.59. The maximum absolute atomic E-state index is 11.3. The van der Waals surface area contributed by atoms with Crippen molar-refractivity contribution < 1.29 is 9.53 Å². The Kier molecular flexibility index (Phi) is 4.77.